The lowest BCUT2D eigenvalue weighted by Gasteiger charge is -2.38. The van der Waals surface area contributed by atoms with E-state index in [0.29, 0.717) is 44.6 Å². The number of rotatable bonds is 8. The first-order valence-electron chi connectivity index (χ1n) is 14.8. The predicted molar refractivity (Wildman–Crippen MR) is 157 cm³/mol. The van der Waals surface area contributed by atoms with Crippen molar-refractivity contribution >= 4 is 23.5 Å². The fourth-order valence-electron chi connectivity index (χ4n) is 5.89. The van der Waals surface area contributed by atoms with Crippen LogP contribution in [-0.4, -0.2) is 106 Å². The number of para-hydroxylation sites is 1. The summed E-state index contributed by atoms with van der Waals surface area (Å²) in [6, 6.07) is 13.7. The maximum Gasteiger partial charge on any atom is 0.322 e. The Hall–Kier alpha value is -3.71. The number of likely N-dealkylation sites (tertiary alicyclic amines) is 1. The molecule has 0 spiro atoms. The SMILES string of the molecule is CC(=O)[C@@H](Cc1ccc(OC2CC(O)C(O)C(CO)O2)cc1)NC(=O)N1CCC(N2CCc3ccccc3NC2=O)CC1. The molecule has 5 atom stereocenters. The van der Waals surface area contributed by atoms with Gasteiger partial charge in [0.1, 0.15) is 18.0 Å². The van der Waals surface area contributed by atoms with Crippen LogP contribution in [0.1, 0.15) is 37.3 Å². The Morgan fingerprint density at radius 1 is 1.09 bits per heavy atom. The number of carbonyl (C=O) groups excluding carboxylic acids is 3. The van der Waals surface area contributed by atoms with E-state index in [1.807, 2.05) is 29.2 Å². The second-order valence-electron chi connectivity index (χ2n) is 11.4. The molecule has 43 heavy (non-hydrogen) atoms. The Morgan fingerprint density at radius 2 is 1.81 bits per heavy atom. The van der Waals surface area contributed by atoms with Gasteiger partial charge in [0.15, 0.2) is 5.78 Å². The van der Waals surface area contributed by atoms with E-state index in [0.717, 1.165) is 23.2 Å². The van der Waals surface area contributed by atoms with E-state index in [1.165, 1.54) is 6.92 Å². The van der Waals surface area contributed by atoms with Crippen LogP contribution in [0.3, 0.4) is 0 Å². The molecule has 5 N–H and O–H groups in total. The summed E-state index contributed by atoms with van der Waals surface area (Å²) >= 11 is 0. The summed E-state index contributed by atoms with van der Waals surface area (Å²) in [7, 11) is 0. The molecule has 0 aliphatic carbocycles. The third-order valence-electron chi connectivity index (χ3n) is 8.47. The number of aliphatic hydroxyl groups excluding tert-OH is 3. The van der Waals surface area contributed by atoms with Gasteiger partial charge in [-0.05, 0) is 61.9 Å². The monoisotopic (exact) mass is 596 g/mol. The number of aliphatic hydroxyl groups is 3. The summed E-state index contributed by atoms with van der Waals surface area (Å²) in [6.07, 6.45) is -1.60. The van der Waals surface area contributed by atoms with Gasteiger partial charge < -0.3 is 45.2 Å². The van der Waals surface area contributed by atoms with E-state index in [1.54, 1.807) is 29.2 Å². The topological polar surface area (TPSA) is 161 Å². The number of fused-ring (bicyclic) bond motifs is 1. The summed E-state index contributed by atoms with van der Waals surface area (Å²) in [4.78, 5) is 42.0. The molecule has 232 valence electrons. The van der Waals surface area contributed by atoms with Crippen molar-refractivity contribution < 1.29 is 39.2 Å². The van der Waals surface area contributed by atoms with Crippen LogP contribution in [0.5, 0.6) is 5.75 Å². The van der Waals surface area contributed by atoms with Crippen LogP contribution in [0.2, 0.25) is 0 Å². The van der Waals surface area contributed by atoms with Crippen molar-refractivity contribution in [1.29, 1.82) is 0 Å². The Balaban J connectivity index is 1.11. The number of amides is 4. The minimum Gasteiger partial charge on any atom is -0.465 e. The number of hydrogen-bond acceptors (Lipinski definition) is 8. The van der Waals surface area contributed by atoms with Crippen molar-refractivity contribution in [3.8, 4) is 5.75 Å². The highest BCUT2D eigenvalue weighted by atomic mass is 16.7. The highest BCUT2D eigenvalue weighted by molar-refractivity contribution is 5.91. The molecule has 12 nitrogen and oxygen atoms in total. The highest BCUT2D eigenvalue weighted by Crippen LogP contribution is 2.26. The van der Waals surface area contributed by atoms with Crippen molar-refractivity contribution in [2.24, 2.45) is 0 Å². The normalized spacial score (nSPS) is 25.3. The largest absolute Gasteiger partial charge is 0.465 e. The standard InChI is InChI=1S/C31H40N4O8/c1-19(37)25(16-20-6-8-23(9-7-20)42-28-17-26(38)29(39)27(18-36)43-28)33-30(40)34-13-11-22(12-14-34)35-15-10-21-4-2-3-5-24(21)32-31(35)41/h2-9,22,25-29,36,38-39H,10-18H2,1H3,(H,32,41)(H,33,40)/t25-,26?,27?,28?,29?/m1/s1. The number of piperidine rings is 1. The van der Waals surface area contributed by atoms with E-state index in [9.17, 15) is 29.7 Å². The van der Waals surface area contributed by atoms with E-state index in [4.69, 9.17) is 9.47 Å². The fraction of sp³-hybridized carbons (Fsp3) is 0.516. The van der Waals surface area contributed by atoms with Crippen molar-refractivity contribution in [3.05, 3.63) is 59.7 Å². The number of ether oxygens (including phenoxy) is 2. The maximum atomic E-state index is 13.1. The second-order valence-corrected chi connectivity index (χ2v) is 11.4. The van der Waals surface area contributed by atoms with Crippen LogP contribution in [0.15, 0.2) is 48.5 Å². The molecular weight excluding hydrogens is 556 g/mol. The molecule has 4 unspecified atom stereocenters. The third kappa shape index (κ3) is 7.45. The first kappa shape index (κ1) is 30.7. The van der Waals surface area contributed by atoms with Crippen molar-refractivity contribution in [2.75, 3.05) is 31.6 Å². The van der Waals surface area contributed by atoms with Gasteiger partial charge in [0.05, 0.1) is 18.8 Å². The first-order valence-corrected chi connectivity index (χ1v) is 14.8. The molecule has 0 saturated carbocycles. The van der Waals surface area contributed by atoms with E-state index in [2.05, 4.69) is 10.6 Å². The molecule has 5 rings (SSSR count). The van der Waals surface area contributed by atoms with Crippen LogP contribution >= 0.6 is 0 Å². The van der Waals surface area contributed by atoms with Crippen LogP contribution in [0.4, 0.5) is 15.3 Å². The molecule has 3 aliphatic heterocycles. The first-order chi connectivity index (χ1) is 20.7. The van der Waals surface area contributed by atoms with Gasteiger partial charge in [0.2, 0.25) is 6.29 Å². The molecule has 0 radical (unpaired) electrons. The van der Waals surface area contributed by atoms with Gasteiger partial charge in [-0.3, -0.25) is 4.79 Å². The number of benzene rings is 2. The van der Waals surface area contributed by atoms with Crippen LogP contribution in [0, 0.1) is 0 Å². The quantitative estimate of drug-likeness (QED) is 0.308. The van der Waals surface area contributed by atoms with E-state index in [-0.39, 0.29) is 30.3 Å². The summed E-state index contributed by atoms with van der Waals surface area (Å²) in [5.41, 5.74) is 2.77. The zero-order valence-corrected chi connectivity index (χ0v) is 24.2. The number of anilines is 1. The maximum absolute atomic E-state index is 13.1. The fourth-order valence-corrected chi connectivity index (χ4v) is 5.89. The number of hydrogen-bond donors (Lipinski definition) is 5. The Morgan fingerprint density at radius 3 is 2.51 bits per heavy atom. The zero-order valence-electron chi connectivity index (χ0n) is 24.2. The number of nitrogens with one attached hydrogen (secondary N) is 2. The third-order valence-corrected chi connectivity index (χ3v) is 8.47. The van der Waals surface area contributed by atoms with Gasteiger partial charge in [0.25, 0.3) is 0 Å². The number of Topliss-reactive ketones (excluding diaryl/α,β-unsaturated/α-hetero) is 1. The average molecular weight is 597 g/mol. The summed E-state index contributed by atoms with van der Waals surface area (Å²) in [5.74, 6) is 0.296. The number of nitrogens with zero attached hydrogens (tertiary/aromatic N) is 2. The molecule has 4 amide bonds. The average Bonchev–Trinajstić information content (AvgIpc) is 3.17. The van der Waals surface area contributed by atoms with Crippen molar-refractivity contribution in [1.82, 2.24) is 15.1 Å². The van der Waals surface area contributed by atoms with Gasteiger partial charge in [0, 0.05) is 37.8 Å². The second kappa shape index (κ2) is 13.7. The van der Waals surface area contributed by atoms with E-state index < -0.39 is 37.3 Å². The number of carbonyl (C=O) groups is 3. The predicted octanol–water partition coefficient (Wildman–Crippen LogP) is 1.66. The molecule has 0 bridgehead atoms. The Labute approximate surface area is 250 Å². The molecule has 3 heterocycles. The Kier molecular flexibility index (Phi) is 9.81. The zero-order chi connectivity index (χ0) is 30.5. The lowest BCUT2D eigenvalue weighted by Crippen LogP contribution is -2.54. The number of urea groups is 2. The number of ketones is 1. The van der Waals surface area contributed by atoms with Crippen molar-refractivity contribution in [2.45, 2.75) is 75.7 Å². The lowest BCUT2D eigenvalue weighted by molar-refractivity contribution is -0.229. The van der Waals surface area contributed by atoms with Gasteiger partial charge in [-0.15, -0.1) is 0 Å². The van der Waals surface area contributed by atoms with Gasteiger partial charge in [-0.2, -0.15) is 0 Å². The molecule has 2 saturated heterocycles. The van der Waals surface area contributed by atoms with Crippen LogP contribution in [-0.2, 0) is 22.4 Å². The van der Waals surface area contributed by atoms with Gasteiger partial charge in [-0.25, -0.2) is 9.59 Å². The minimum atomic E-state index is -1.18. The van der Waals surface area contributed by atoms with Crippen LogP contribution in [0.25, 0.3) is 0 Å². The summed E-state index contributed by atoms with van der Waals surface area (Å²) < 4.78 is 11.3. The Bertz CT molecular complexity index is 1280. The minimum absolute atomic E-state index is 0.0320. The molecular formula is C31H40N4O8. The molecule has 12 heteroatoms. The molecule has 2 fully saturated rings. The summed E-state index contributed by atoms with van der Waals surface area (Å²) in [5, 5.41) is 35.1. The highest BCUT2D eigenvalue weighted by Gasteiger charge is 2.37. The molecule has 3 aliphatic rings. The van der Waals surface area contributed by atoms with Gasteiger partial charge in [-0.1, -0.05) is 30.3 Å². The van der Waals surface area contributed by atoms with Gasteiger partial charge >= 0.3 is 12.1 Å². The summed E-state index contributed by atoms with van der Waals surface area (Å²) in [6.45, 7) is 2.59. The van der Waals surface area contributed by atoms with Crippen molar-refractivity contribution in [3.63, 3.8) is 0 Å². The van der Waals surface area contributed by atoms with Crippen LogP contribution < -0.4 is 15.4 Å². The molecule has 2 aromatic carbocycles. The molecule has 2 aromatic rings. The van der Waals surface area contributed by atoms with E-state index >= 15 is 0 Å². The smallest absolute Gasteiger partial charge is 0.322 e. The molecule has 0 aromatic heterocycles. The lowest BCUT2D eigenvalue weighted by atomic mass is 10.0.